The van der Waals surface area contributed by atoms with Crippen molar-refractivity contribution in [2.24, 2.45) is 11.7 Å². The Balaban J connectivity index is 0.00000416. The van der Waals surface area contributed by atoms with Crippen LogP contribution in [0.25, 0.3) is 0 Å². The zero-order chi connectivity index (χ0) is 44.7. The Morgan fingerprint density at radius 2 is 1.16 bits per heavy atom. The largest absolute Gasteiger partial charge is 0.461 e. The predicted molar refractivity (Wildman–Crippen MR) is 233 cm³/mol. The number of carbonyl (C=O) groups is 3. The van der Waals surface area contributed by atoms with Crippen LogP contribution in [0.2, 0.25) is 0 Å². The van der Waals surface area contributed by atoms with Gasteiger partial charge in [-0.1, -0.05) is 112 Å². The average molecular weight is 864 g/mol. The SMILES string of the molecule is CC.CC(CN)C(=O)OC1C[C@H](OC(=O)CCCCOC2OC(C)C(OCc3ccccc3)C[C@@H]2OCc2ccccc2)C(O[C@H](C)CCC(=O)OCc2ccccc2)OC1C. The Hall–Kier alpha value is -4.21. The molecule has 2 N–H and O–H groups in total. The lowest BCUT2D eigenvalue weighted by Crippen LogP contribution is -2.51. The van der Waals surface area contributed by atoms with Gasteiger partial charge in [0.05, 0.1) is 43.5 Å². The summed E-state index contributed by atoms with van der Waals surface area (Å²) in [5, 5.41) is 0. The average Bonchev–Trinajstić information content (AvgIpc) is 3.29. The van der Waals surface area contributed by atoms with Gasteiger partial charge in [0.1, 0.15) is 18.8 Å². The molecule has 0 aliphatic carbocycles. The van der Waals surface area contributed by atoms with E-state index in [1.54, 1.807) is 13.8 Å². The van der Waals surface area contributed by atoms with Gasteiger partial charge in [0.15, 0.2) is 18.7 Å². The van der Waals surface area contributed by atoms with Gasteiger partial charge in [0, 0.05) is 38.8 Å². The van der Waals surface area contributed by atoms with E-state index in [2.05, 4.69) is 0 Å². The lowest BCUT2D eigenvalue weighted by Gasteiger charge is -2.40. The van der Waals surface area contributed by atoms with Crippen LogP contribution in [0.1, 0.15) is 103 Å². The van der Waals surface area contributed by atoms with Crippen molar-refractivity contribution in [3.05, 3.63) is 108 Å². The molecule has 342 valence electrons. The minimum atomic E-state index is -0.941. The van der Waals surface area contributed by atoms with Crippen LogP contribution in [0.15, 0.2) is 91.0 Å². The molecule has 0 radical (unpaired) electrons. The number of benzene rings is 3. The number of esters is 3. The van der Waals surface area contributed by atoms with E-state index < -0.39 is 54.9 Å². The normalized spacial score (nSPS) is 24.4. The molecule has 0 amide bonds. The number of hydrogen-bond acceptors (Lipinski definition) is 13. The maximum atomic E-state index is 13.3. The molecule has 0 saturated carbocycles. The van der Waals surface area contributed by atoms with Gasteiger partial charge in [0.25, 0.3) is 0 Å². The molecule has 2 fully saturated rings. The fraction of sp³-hybridized carbons (Fsp3) is 0.571. The zero-order valence-corrected chi connectivity index (χ0v) is 37.4. The summed E-state index contributed by atoms with van der Waals surface area (Å²) < 4.78 is 54.7. The summed E-state index contributed by atoms with van der Waals surface area (Å²) in [6.45, 7) is 12.8. The number of rotatable bonds is 23. The van der Waals surface area contributed by atoms with Crippen LogP contribution in [0.4, 0.5) is 0 Å². The highest BCUT2D eigenvalue weighted by atomic mass is 16.7. The Kier molecular flexibility index (Phi) is 22.6. The maximum Gasteiger partial charge on any atom is 0.310 e. The van der Waals surface area contributed by atoms with Crippen molar-refractivity contribution in [2.75, 3.05) is 13.2 Å². The quantitative estimate of drug-likeness (QED) is 0.0556. The lowest BCUT2D eigenvalue weighted by molar-refractivity contribution is -0.281. The van der Waals surface area contributed by atoms with Crippen LogP contribution in [0.3, 0.4) is 0 Å². The summed E-state index contributed by atoms with van der Waals surface area (Å²) in [5.41, 5.74) is 8.72. The Morgan fingerprint density at radius 3 is 1.76 bits per heavy atom. The van der Waals surface area contributed by atoms with Crippen molar-refractivity contribution in [3.8, 4) is 0 Å². The van der Waals surface area contributed by atoms with Gasteiger partial charge < -0.3 is 48.4 Å². The van der Waals surface area contributed by atoms with Crippen LogP contribution in [0, 0.1) is 5.92 Å². The molecular weight excluding hydrogens is 795 g/mol. The van der Waals surface area contributed by atoms with E-state index >= 15 is 0 Å². The highest BCUT2D eigenvalue weighted by Gasteiger charge is 2.42. The van der Waals surface area contributed by atoms with E-state index in [9.17, 15) is 14.4 Å². The molecule has 3 aromatic rings. The molecule has 13 heteroatoms. The molecule has 7 unspecified atom stereocenters. The van der Waals surface area contributed by atoms with Crippen molar-refractivity contribution in [1.29, 1.82) is 0 Å². The summed E-state index contributed by atoms with van der Waals surface area (Å²) in [4.78, 5) is 38.4. The first kappa shape index (κ1) is 50.4. The highest BCUT2D eigenvalue weighted by molar-refractivity contribution is 5.72. The first-order valence-corrected chi connectivity index (χ1v) is 22.3. The third kappa shape index (κ3) is 17.5. The fourth-order valence-electron chi connectivity index (χ4n) is 6.84. The molecule has 10 atom stereocenters. The van der Waals surface area contributed by atoms with Gasteiger partial charge in [-0.3, -0.25) is 14.4 Å². The van der Waals surface area contributed by atoms with Crippen LogP contribution < -0.4 is 5.73 Å². The van der Waals surface area contributed by atoms with E-state index in [4.69, 9.17) is 48.4 Å². The lowest BCUT2D eigenvalue weighted by atomic mass is 10.0. The smallest absolute Gasteiger partial charge is 0.310 e. The second-order valence-electron chi connectivity index (χ2n) is 15.7. The molecule has 13 nitrogen and oxygen atoms in total. The van der Waals surface area contributed by atoms with Crippen molar-refractivity contribution < 1.29 is 57.0 Å². The number of ether oxygens (including phenoxy) is 9. The summed E-state index contributed by atoms with van der Waals surface area (Å²) in [7, 11) is 0. The third-order valence-electron chi connectivity index (χ3n) is 10.6. The van der Waals surface area contributed by atoms with Gasteiger partial charge in [0.2, 0.25) is 0 Å². The minimum Gasteiger partial charge on any atom is -0.461 e. The van der Waals surface area contributed by atoms with Crippen molar-refractivity contribution >= 4 is 17.9 Å². The predicted octanol–water partition coefficient (Wildman–Crippen LogP) is 7.99. The van der Waals surface area contributed by atoms with E-state index in [1.165, 1.54) is 0 Å². The van der Waals surface area contributed by atoms with Gasteiger partial charge in [-0.05, 0) is 56.7 Å². The van der Waals surface area contributed by atoms with Crippen molar-refractivity contribution in [2.45, 2.75) is 162 Å². The molecule has 2 aliphatic rings. The van der Waals surface area contributed by atoms with E-state index in [0.29, 0.717) is 45.5 Å². The molecule has 3 aromatic carbocycles. The van der Waals surface area contributed by atoms with Crippen LogP contribution in [0.5, 0.6) is 0 Å². The molecular formula is C49H69NO12. The van der Waals surface area contributed by atoms with Crippen LogP contribution >= 0.6 is 0 Å². The van der Waals surface area contributed by atoms with E-state index in [0.717, 1.165) is 16.7 Å². The topological polar surface area (TPSA) is 160 Å². The maximum absolute atomic E-state index is 13.3. The molecule has 5 rings (SSSR count). The molecule has 0 aromatic heterocycles. The third-order valence-corrected chi connectivity index (χ3v) is 10.6. The van der Waals surface area contributed by atoms with Gasteiger partial charge in [-0.2, -0.15) is 0 Å². The second-order valence-corrected chi connectivity index (χ2v) is 15.7. The Morgan fingerprint density at radius 1 is 0.629 bits per heavy atom. The molecule has 2 aliphatic heterocycles. The summed E-state index contributed by atoms with van der Waals surface area (Å²) in [5.74, 6) is -1.76. The molecule has 2 saturated heterocycles. The van der Waals surface area contributed by atoms with Crippen molar-refractivity contribution in [3.63, 3.8) is 0 Å². The first-order valence-electron chi connectivity index (χ1n) is 22.3. The molecule has 2 heterocycles. The van der Waals surface area contributed by atoms with Gasteiger partial charge in [-0.15, -0.1) is 0 Å². The Labute approximate surface area is 368 Å². The van der Waals surface area contributed by atoms with Crippen LogP contribution in [-0.2, 0) is 76.8 Å². The number of nitrogens with two attached hydrogens (primary N) is 1. The molecule has 0 bridgehead atoms. The van der Waals surface area contributed by atoms with E-state index in [1.807, 2.05) is 119 Å². The second kappa shape index (κ2) is 27.8. The number of hydrogen-bond donors (Lipinski definition) is 1. The summed E-state index contributed by atoms with van der Waals surface area (Å²) in [6, 6.07) is 29.4. The first-order chi connectivity index (χ1) is 30.1. The highest BCUT2D eigenvalue weighted by Crippen LogP contribution is 2.30. The van der Waals surface area contributed by atoms with E-state index in [-0.39, 0.29) is 56.7 Å². The molecule has 62 heavy (non-hydrogen) atoms. The fourth-order valence-corrected chi connectivity index (χ4v) is 6.84. The number of unbranched alkanes of at least 4 members (excludes halogenated alkanes) is 1. The Bertz CT molecular complexity index is 1700. The van der Waals surface area contributed by atoms with Gasteiger partial charge in [-0.25, -0.2) is 0 Å². The van der Waals surface area contributed by atoms with Gasteiger partial charge >= 0.3 is 17.9 Å². The van der Waals surface area contributed by atoms with Crippen LogP contribution in [-0.4, -0.2) is 86.4 Å². The zero-order valence-electron chi connectivity index (χ0n) is 37.4. The summed E-state index contributed by atoms with van der Waals surface area (Å²) in [6.07, 6.45) is -2.41. The molecule has 0 spiro atoms. The monoisotopic (exact) mass is 863 g/mol. The number of carbonyl (C=O) groups excluding carboxylic acids is 3. The summed E-state index contributed by atoms with van der Waals surface area (Å²) >= 11 is 0. The van der Waals surface area contributed by atoms with Crippen molar-refractivity contribution in [1.82, 2.24) is 0 Å². The minimum absolute atomic E-state index is 0.116. The standard InChI is InChI=1S/C47H63NO12.C2H6/c1-32(28-48)45(51)60-40-27-42(47(58-35(40)4)56-33(2)23-24-43(49)55-31-38-20-12-7-13-21-38)59-44(50)22-14-15-25-52-46-41(54-30-37-18-10-6-11-19-37)26-39(34(3)57-46)53-29-36-16-8-5-9-17-36;1-2/h5-13,16-21,32-35,39-42,46-47H,14-15,22-31,48H2,1-4H3;1-2H3/t32?,33-,34?,35?,39?,40?,41+,42+,46?,47?;/m1./s1.